The molecule has 1 fully saturated rings. The molecule has 1 atom stereocenters. The Bertz CT molecular complexity index is 556. The Hall–Kier alpha value is -1.36. The van der Waals surface area contributed by atoms with Crippen LogP contribution in [0.5, 0.6) is 0 Å². The summed E-state index contributed by atoms with van der Waals surface area (Å²) < 4.78 is 2.16. The van der Waals surface area contributed by atoms with Gasteiger partial charge in [-0.2, -0.15) is 0 Å². The maximum absolute atomic E-state index is 12.2. The maximum Gasteiger partial charge on any atom is 0.223 e. The summed E-state index contributed by atoms with van der Waals surface area (Å²) in [5.74, 6) is 1.79. The SMILES string of the molecule is Cc1nc(CN(C)C[C@@H]2CC(=O)N(C(C)(C)C)C2)n(C)c1C. The van der Waals surface area contributed by atoms with Crippen LogP contribution in [-0.4, -0.2) is 50.9 Å². The maximum atomic E-state index is 12.2. The lowest BCUT2D eigenvalue weighted by atomic mass is 10.1. The van der Waals surface area contributed by atoms with Crippen LogP contribution < -0.4 is 0 Å². The topological polar surface area (TPSA) is 41.4 Å². The summed E-state index contributed by atoms with van der Waals surface area (Å²) in [6, 6.07) is 0. The number of aromatic nitrogens is 2. The van der Waals surface area contributed by atoms with Gasteiger partial charge in [0.15, 0.2) is 0 Å². The number of nitrogens with zero attached hydrogens (tertiary/aromatic N) is 4. The van der Waals surface area contributed by atoms with Crippen molar-refractivity contribution in [2.45, 2.75) is 53.1 Å². The molecule has 124 valence electrons. The van der Waals surface area contributed by atoms with Crippen LogP contribution >= 0.6 is 0 Å². The van der Waals surface area contributed by atoms with Gasteiger partial charge in [-0.05, 0) is 47.6 Å². The van der Waals surface area contributed by atoms with E-state index in [-0.39, 0.29) is 11.4 Å². The van der Waals surface area contributed by atoms with Gasteiger partial charge in [-0.3, -0.25) is 9.69 Å². The Labute approximate surface area is 134 Å². The highest BCUT2D eigenvalue weighted by atomic mass is 16.2. The van der Waals surface area contributed by atoms with Crippen molar-refractivity contribution in [1.29, 1.82) is 0 Å². The van der Waals surface area contributed by atoms with Crippen molar-refractivity contribution in [3.63, 3.8) is 0 Å². The molecule has 1 aromatic rings. The van der Waals surface area contributed by atoms with E-state index in [4.69, 9.17) is 0 Å². The van der Waals surface area contributed by atoms with Crippen LogP contribution in [0, 0.1) is 19.8 Å². The predicted octanol–water partition coefficient (Wildman–Crippen LogP) is 2.12. The normalized spacial score (nSPS) is 19.5. The van der Waals surface area contributed by atoms with Crippen LogP contribution in [0.2, 0.25) is 0 Å². The van der Waals surface area contributed by atoms with Crippen LogP contribution in [0.3, 0.4) is 0 Å². The van der Waals surface area contributed by atoms with Gasteiger partial charge in [-0.1, -0.05) is 0 Å². The van der Waals surface area contributed by atoms with Crippen LogP contribution in [0.4, 0.5) is 0 Å². The third-order valence-corrected chi connectivity index (χ3v) is 4.71. The van der Waals surface area contributed by atoms with Crippen LogP contribution in [0.15, 0.2) is 0 Å². The van der Waals surface area contributed by atoms with E-state index in [1.165, 1.54) is 5.69 Å². The second-order valence-corrected chi connectivity index (χ2v) is 7.70. The zero-order valence-electron chi connectivity index (χ0n) is 15.1. The molecule has 0 saturated carbocycles. The number of imidazole rings is 1. The minimum atomic E-state index is -0.0711. The highest BCUT2D eigenvalue weighted by Gasteiger charge is 2.36. The van der Waals surface area contributed by atoms with Crippen LogP contribution in [0.1, 0.15) is 44.4 Å². The molecule has 0 unspecified atom stereocenters. The molecule has 0 bridgehead atoms. The van der Waals surface area contributed by atoms with Crippen molar-refractivity contribution in [3.8, 4) is 0 Å². The molecular formula is C17H30N4O. The van der Waals surface area contributed by atoms with Gasteiger partial charge in [-0.25, -0.2) is 4.98 Å². The van der Waals surface area contributed by atoms with Crippen LogP contribution in [0.25, 0.3) is 0 Å². The molecule has 5 nitrogen and oxygen atoms in total. The number of amides is 1. The van der Waals surface area contributed by atoms with E-state index >= 15 is 0 Å². The van der Waals surface area contributed by atoms with Crippen molar-refractivity contribution in [3.05, 3.63) is 17.2 Å². The van der Waals surface area contributed by atoms with Gasteiger partial charge in [0, 0.05) is 37.8 Å². The number of rotatable bonds is 4. The number of likely N-dealkylation sites (tertiary alicyclic amines) is 1. The standard InChI is InChI=1S/C17H30N4O/c1-12-13(2)20(7)15(18-12)11-19(6)9-14-8-16(22)21(10-14)17(3,4)5/h14H,8-11H2,1-7H3/t14-/m0/s1. The summed E-state index contributed by atoms with van der Waals surface area (Å²) in [6.45, 7) is 13.1. The summed E-state index contributed by atoms with van der Waals surface area (Å²) >= 11 is 0. The average Bonchev–Trinajstić information content (AvgIpc) is 2.85. The fraction of sp³-hybridized carbons (Fsp3) is 0.765. The van der Waals surface area contributed by atoms with E-state index < -0.39 is 0 Å². The molecule has 1 aliphatic rings. The molecule has 1 saturated heterocycles. The van der Waals surface area contributed by atoms with E-state index in [2.05, 4.69) is 63.2 Å². The summed E-state index contributed by atoms with van der Waals surface area (Å²) in [4.78, 5) is 21.1. The Morgan fingerprint density at radius 1 is 1.32 bits per heavy atom. The minimum absolute atomic E-state index is 0.0711. The Morgan fingerprint density at radius 2 is 1.95 bits per heavy atom. The molecule has 0 radical (unpaired) electrons. The highest BCUT2D eigenvalue weighted by Crippen LogP contribution is 2.26. The van der Waals surface area contributed by atoms with Gasteiger partial charge >= 0.3 is 0 Å². The molecule has 1 aliphatic heterocycles. The predicted molar refractivity (Wildman–Crippen MR) is 88.6 cm³/mol. The summed E-state index contributed by atoms with van der Waals surface area (Å²) in [5.41, 5.74) is 2.25. The number of hydrogen-bond donors (Lipinski definition) is 0. The Morgan fingerprint density at radius 3 is 2.41 bits per heavy atom. The zero-order valence-corrected chi connectivity index (χ0v) is 15.1. The number of carbonyl (C=O) groups excluding carboxylic acids is 1. The average molecular weight is 306 g/mol. The van der Waals surface area contributed by atoms with Crippen LogP contribution in [-0.2, 0) is 18.4 Å². The van der Waals surface area contributed by atoms with Gasteiger partial charge in [0.25, 0.3) is 0 Å². The first-order valence-corrected chi connectivity index (χ1v) is 8.07. The third kappa shape index (κ3) is 3.51. The first-order chi connectivity index (χ1) is 10.1. The second-order valence-electron chi connectivity index (χ2n) is 7.70. The Kier molecular flexibility index (Phi) is 4.66. The van der Waals surface area contributed by atoms with Crippen molar-refractivity contribution < 1.29 is 4.79 Å². The molecular weight excluding hydrogens is 276 g/mol. The summed E-state index contributed by atoms with van der Waals surface area (Å²) in [7, 11) is 4.18. The van der Waals surface area contributed by atoms with E-state index in [0.29, 0.717) is 12.3 Å². The molecule has 1 aromatic heterocycles. The largest absolute Gasteiger partial charge is 0.338 e. The Balaban J connectivity index is 1.94. The van der Waals surface area contributed by atoms with Gasteiger partial charge < -0.3 is 9.47 Å². The minimum Gasteiger partial charge on any atom is -0.338 e. The van der Waals surface area contributed by atoms with Crippen molar-refractivity contribution in [2.24, 2.45) is 13.0 Å². The number of hydrogen-bond acceptors (Lipinski definition) is 3. The van der Waals surface area contributed by atoms with Crippen molar-refractivity contribution >= 4 is 5.91 Å². The van der Waals surface area contributed by atoms with Crippen molar-refractivity contribution in [2.75, 3.05) is 20.1 Å². The highest BCUT2D eigenvalue weighted by molar-refractivity contribution is 5.79. The zero-order chi connectivity index (χ0) is 16.7. The fourth-order valence-corrected chi connectivity index (χ4v) is 3.23. The van der Waals surface area contributed by atoms with E-state index in [9.17, 15) is 4.79 Å². The molecule has 2 rings (SSSR count). The molecule has 0 spiro atoms. The lowest BCUT2D eigenvalue weighted by Crippen LogP contribution is -2.42. The molecule has 5 heteroatoms. The number of carbonyl (C=O) groups is 1. The quantitative estimate of drug-likeness (QED) is 0.855. The van der Waals surface area contributed by atoms with Gasteiger partial charge in [0.05, 0.1) is 12.2 Å². The van der Waals surface area contributed by atoms with Gasteiger partial charge in [0.2, 0.25) is 5.91 Å². The molecule has 22 heavy (non-hydrogen) atoms. The summed E-state index contributed by atoms with van der Waals surface area (Å²) in [6.07, 6.45) is 0.667. The van der Waals surface area contributed by atoms with Gasteiger partial charge in [-0.15, -0.1) is 0 Å². The molecule has 2 heterocycles. The first kappa shape index (κ1) is 17.0. The lowest BCUT2D eigenvalue weighted by molar-refractivity contribution is -0.131. The van der Waals surface area contributed by atoms with E-state index in [0.717, 1.165) is 31.2 Å². The fourth-order valence-electron chi connectivity index (χ4n) is 3.23. The molecule has 1 amide bonds. The smallest absolute Gasteiger partial charge is 0.223 e. The van der Waals surface area contributed by atoms with Gasteiger partial charge in [0.1, 0.15) is 5.82 Å². The van der Waals surface area contributed by atoms with E-state index in [1.807, 2.05) is 4.90 Å². The first-order valence-electron chi connectivity index (χ1n) is 8.07. The summed E-state index contributed by atoms with van der Waals surface area (Å²) in [5, 5.41) is 0. The molecule has 0 aromatic carbocycles. The monoisotopic (exact) mass is 306 g/mol. The molecule has 0 aliphatic carbocycles. The second kappa shape index (κ2) is 6.03. The third-order valence-electron chi connectivity index (χ3n) is 4.71. The number of aryl methyl sites for hydroxylation is 1. The van der Waals surface area contributed by atoms with E-state index in [1.54, 1.807) is 0 Å². The van der Waals surface area contributed by atoms with Crippen molar-refractivity contribution in [1.82, 2.24) is 19.4 Å². The lowest BCUT2D eigenvalue weighted by Gasteiger charge is -2.32. The molecule has 0 N–H and O–H groups in total.